The van der Waals surface area contributed by atoms with E-state index in [2.05, 4.69) is 11.7 Å². The lowest BCUT2D eigenvalue weighted by atomic mass is 10.1. The van der Waals surface area contributed by atoms with Crippen molar-refractivity contribution in [2.24, 2.45) is 0 Å². The molecule has 78 valence electrons. The number of carbonyl (C=O) groups excluding carboxylic acids is 1. The van der Waals surface area contributed by atoms with Crippen LogP contribution in [0.4, 0.5) is 0 Å². The van der Waals surface area contributed by atoms with Crippen LogP contribution in [0.5, 0.6) is 0 Å². The maximum atomic E-state index is 10.8. The van der Waals surface area contributed by atoms with Crippen molar-refractivity contribution < 1.29 is 9.53 Å². The molecule has 13 heavy (non-hydrogen) atoms. The molecule has 0 aliphatic carbocycles. The quantitative estimate of drug-likeness (QED) is 0.364. The molecule has 0 radical (unpaired) electrons. The Labute approximate surface area is 85.6 Å². The van der Waals surface area contributed by atoms with Crippen molar-refractivity contribution in [1.82, 2.24) is 0 Å². The van der Waals surface area contributed by atoms with Crippen molar-refractivity contribution in [3.05, 3.63) is 0 Å². The van der Waals surface area contributed by atoms with E-state index in [9.17, 15) is 4.79 Å². The van der Waals surface area contributed by atoms with Crippen molar-refractivity contribution in [2.45, 2.75) is 50.8 Å². The van der Waals surface area contributed by atoms with Gasteiger partial charge in [0, 0.05) is 11.8 Å². The third-order valence-electron chi connectivity index (χ3n) is 2.01. The van der Waals surface area contributed by atoms with Gasteiger partial charge in [-0.05, 0) is 12.8 Å². The summed E-state index contributed by atoms with van der Waals surface area (Å²) in [6.45, 7) is 2.16. The van der Waals surface area contributed by atoms with Gasteiger partial charge in [-0.2, -0.15) is 0 Å². The van der Waals surface area contributed by atoms with E-state index in [0.29, 0.717) is 6.42 Å². The number of carbonyl (C=O) groups is 1. The maximum Gasteiger partial charge on any atom is 0.305 e. The lowest BCUT2D eigenvalue weighted by molar-refractivity contribution is -0.140. The summed E-state index contributed by atoms with van der Waals surface area (Å²) in [5, 5.41) is 0.130. The van der Waals surface area contributed by atoms with E-state index in [4.69, 9.17) is 11.6 Å². The van der Waals surface area contributed by atoms with Crippen LogP contribution < -0.4 is 0 Å². The SMILES string of the molecule is CCCCCC(Cl)CCC(=O)OC. The molecular weight excluding hydrogens is 188 g/mol. The van der Waals surface area contributed by atoms with Gasteiger partial charge < -0.3 is 4.74 Å². The molecule has 0 amide bonds. The van der Waals surface area contributed by atoms with Crippen molar-refractivity contribution >= 4 is 17.6 Å². The maximum absolute atomic E-state index is 10.8. The van der Waals surface area contributed by atoms with Gasteiger partial charge in [0.05, 0.1) is 7.11 Å². The van der Waals surface area contributed by atoms with E-state index in [1.54, 1.807) is 0 Å². The first-order valence-corrected chi connectivity index (χ1v) is 5.35. The predicted molar refractivity (Wildman–Crippen MR) is 55.0 cm³/mol. The number of hydrogen-bond acceptors (Lipinski definition) is 2. The monoisotopic (exact) mass is 206 g/mol. The summed E-state index contributed by atoms with van der Waals surface area (Å²) >= 11 is 6.01. The largest absolute Gasteiger partial charge is 0.469 e. The highest BCUT2D eigenvalue weighted by molar-refractivity contribution is 6.20. The van der Waals surface area contributed by atoms with Gasteiger partial charge in [0.1, 0.15) is 0 Å². The second-order valence-corrected chi connectivity index (χ2v) is 3.83. The highest BCUT2D eigenvalue weighted by atomic mass is 35.5. The first kappa shape index (κ1) is 12.8. The zero-order chi connectivity index (χ0) is 10.1. The number of rotatable bonds is 7. The van der Waals surface area contributed by atoms with Crippen LogP contribution in [0.25, 0.3) is 0 Å². The third kappa shape index (κ3) is 8.10. The van der Waals surface area contributed by atoms with Gasteiger partial charge in [-0.25, -0.2) is 0 Å². The fourth-order valence-electron chi connectivity index (χ4n) is 1.14. The number of unbranched alkanes of at least 4 members (excludes halogenated alkanes) is 2. The van der Waals surface area contributed by atoms with Crippen LogP contribution in [-0.2, 0) is 9.53 Å². The number of esters is 1. The second-order valence-electron chi connectivity index (χ2n) is 3.21. The van der Waals surface area contributed by atoms with E-state index >= 15 is 0 Å². The Morgan fingerprint density at radius 2 is 2.08 bits per heavy atom. The van der Waals surface area contributed by atoms with Crippen LogP contribution >= 0.6 is 11.6 Å². The third-order valence-corrected chi connectivity index (χ3v) is 2.45. The summed E-state index contributed by atoms with van der Waals surface area (Å²) in [5.41, 5.74) is 0. The standard InChI is InChI=1S/C10H19ClO2/c1-3-4-5-6-9(11)7-8-10(12)13-2/h9H,3-8H2,1-2H3. The van der Waals surface area contributed by atoms with Crippen LogP contribution in [0.1, 0.15) is 45.4 Å². The lowest BCUT2D eigenvalue weighted by Gasteiger charge is -2.07. The summed E-state index contributed by atoms with van der Waals surface area (Å²) in [4.78, 5) is 10.8. The Morgan fingerprint density at radius 1 is 1.38 bits per heavy atom. The number of halogens is 1. The highest BCUT2D eigenvalue weighted by Crippen LogP contribution is 2.14. The van der Waals surface area contributed by atoms with Gasteiger partial charge >= 0.3 is 5.97 Å². The molecule has 1 atom stereocenters. The fourth-order valence-corrected chi connectivity index (χ4v) is 1.40. The summed E-state index contributed by atoms with van der Waals surface area (Å²) < 4.78 is 4.53. The summed E-state index contributed by atoms with van der Waals surface area (Å²) in [6, 6.07) is 0. The molecule has 2 nitrogen and oxygen atoms in total. The fraction of sp³-hybridized carbons (Fsp3) is 0.900. The van der Waals surface area contributed by atoms with Crippen LogP contribution in [-0.4, -0.2) is 18.5 Å². The number of methoxy groups -OCH3 is 1. The molecule has 0 spiro atoms. The molecule has 0 saturated carbocycles. The first-order chi connectivity index (χ1) is 6.20. The van der Waals surface area contributed by atoms with Crippen molar-refractivity contribution in [2.75, 3.05) is 7.11 Å². The van der Waals surface area contributed by atoms with Gasteiger partial charge in [-0.1, -0.05) is 26.2 Å². The molecule has 0 rings (SSSR count). The van der Waals surface area contributed by atoms with Gasteiger partial charge in [0.2, 0.25) is 0 Å². The Hall–Kier alpha value is -0.240. The summed E-state index contributed by atoms with van der Waals surface area (Å²) in [7, 11) is 1.41. The molecule has 3 heteroatoms. The van der Waals surface area contributed by atoms with E-state index in [1.807, 2.05) is 0 Å². The van der Waals surface area contributed by atoms with Crippen molar-refractivity contribution in [3.63, 3.8) is 0 Å². The van der Waals surface area contributed by atoms with E-state index in [-0.39, 0.29) is 11.3 Å². The molecule has 0 aliphatic heterocycles. The smallest absolute Gasteiger partial charge is 0.305 e. The summed E-state index contributed by atoms with van der Waals surface area (Å²) in [5.74, 6) is -0.166. The zero-order valence-electron chi connectivity index (χ0n) is 8.51. The molecule has 0 aromatic heterocycles. The van der Waals surface area contributed by atoms with Crippen LogP contribution in [0.2, 0.25) is 0 Å². The molecule has 1 unspecified atom stereocenters. The number of ether oxygens (including phenoxy) is 1. The number of alkyl halides is 1. The minimum absolute atomic E-state index is 0.130. The molecule has 0 aromatic carbocycles. The molecule has 0 aliphatic rings. The Balaban J connectivity index is 3.29. The predicted octanol–water partition coefficient (Wildman–Crippen LogP) is 3.13. The average Bonchev–Trinajstić information content (AvgIpc) is 2.14. The van der Waals surface area contributed by atoms with Gasteiger partial charge in [0.15, 0.2) is 0 Å². The average molecular weight is 207 g/mol. The highest BCUT2D eigenvalue weighted by Gasteiger charge is 2.07. The summed E-state index contributed by atoms with van der Waals surface area (Å²) in [6.07, 6.45) is 5.77. The normalized spacial score (nSPS) is 12.5. The minimum Gasteiger partial charge on any atom is -0.469 e. The van der Waals surface area contributed by atoms with Crippen molar-refractivity contribution in [3.8, 4) is 0 Å². The molecular formula is C10H19ClO2. The Kier molecular flexibility index (Phi) is 8.21. The molecule has 0 heterocycles. The molecule has 0 N–H and O–H groups in total. The van der Waals surface area contributed by atoms with E-state index < -0.39 is 0 Å². The van der Waals surface area contributed by atoms with Crippen molar-refractivity contribution in [1.29, 1.82) is 0 Å². The van der Waals surface area contributed by atoms with Crippen LogP contribution in [0.3, 0.4) is 0 Å². The molecule has 0 aromatic rings. The van der Waals surface area contributed by atoms with Gasteiger partial charge in [-0.3, -0.25) is 4.79 Å². The molecule has 0 bridgehead atoms. The van der Waals surface area contributed by atoms with Crippen LogP contribution in [0, 0.1) is 0 Å². The second kappa shape index (κ2) is 8.36. The van der Waals surface area contributed by atoms with Gasteiger partial charge in [-0.15, -0.1) is 11.6 Å². The van der Waals surface area contributed by atoms with Gasteiger partial charge in [0.25, 0.3) is 0 Å². The first-order valence-electron chi connectivity index (χ1n) is 4.91. The molecule has 0 fully saturated rings. The number of hydrogen-bond donors (Lipinski definition) is 0. The molecule has 0 saturated heterocycles. The minimum atomic E-state index is -0.166. The Bertz CT molecular complexity index is 137. The van der Waals surface area contributed by atoms with Crippen LogP contribution in [0.15, 0.2) is 0 Å². The lowest BCUT2D eigenvalue weighted by Crippen LogP contribution is -2.05. The Morgan fingerprint density at radius 3 is 2.62 bits per heavy atom. The zero-order valence-corrected chi connectivity index (χ0v) is 9.27. The topological polar surface area (TPSA) is 26.3 Å². The van der Waals surface area contributed by atoms with E-state index in [1.165, 1.54) is 20.0 Å². The van der Waals surface area contributed by atoms with E-state index in [0.717, 1.165) is 19.3 Å².